The number of hydrogen-bond donors (Lipinski definition) is 2. The highest BCUT2D eigenvalue weighted by atomic mass is 16.5. The minimum Gasteiger partial charge on any atom is -0.508 e. The molecule has 0 amide bonds. The minimum atomic E-state index is 0.207. The fourth-order valence-corrected chi connectivity index (χ4v) is 2.92. The van der Waals surface area contributed by atoms with E-state index in [0.29, 0.717) is 0 Å². The highest BCUT2D eigenvalue weighted by Gasteiger charge is 2.27. The van der Waals surface area contributed by atoms with Gasteiger partial charge >= 0.3 is 0 Å². The third-order valence-electron chi connectivity index (χ3n) is 3.88. The maximum absolute atomic E-state index is 9.52. The van der Waals surface area contributed by atoms with Gasteiger partial charge in [-0.25, -0.2) is 4.98 Å². The third-order valence-corrected chi connectivity index (χ3v) is 3.88. The highest BCUT2D eigenvalue weighted by molar-refractivity contribution is 5.76. The monoisotopic (exact) mass is 275 g/mol. The van der Waals surface area contributed by atoms with E-state index in [0.717, 1.165) is 29.9 Å². The molecule has 2 N–H and O–H groups in total. The van der Waals surface area contributed by atoms with Gasteiger partial charge in [0.15, 0.2) is 0 Å². The zero-order valence-corrected chi connectivity index (χ0v) is 12.1. The van der Waals surface area contributed by atoms with Crippen LogP contribution in [0.3, 0.4) is 0 Å². The number of aromatic nitrogens is 2. The van der Waals surface area contributed by atoms with Crippen molar-refractivity contribution >= 4 is 11.0 Å². The summed E-state index contributed by atoms with van der Waals surface area (Å²) in [6.07, 6.45) is 0.490. The van der Waals surface area contributed by atoms with Gasteiger partial charge in [-0.15, -0.1) is 0 Å². The Morgan fingerprint density at radius 3 is 2.75 bits per heavy atom. The van der Waals surface area contributed by atoms with Crippen molar-refractivity contribution in [3.05, 3.63) is 24.0 Å². The van der Waals surface area contributed by atoms with Gasteiger partial charge in [0.1, 0.15) is 11.6 Å². The second-order valence-electron chi connectivity index (χ2n) is 5.71. The normalized spacial score (nSPS) is 25.9. The van der Waals surface area contributed by atoms with Gasteiger partial charge in [0, 0.05) is 19.2 Å². The molecule has 1 aromatic carbocycles. The number of morpholine rings is 1. The average Bonchev–Trinajstić information content (AvgIpc) is 2.79. The molecule has 1 fully saturated rings. The lowest BCUT2D eigenvalue weighted by atomic mass is 10.1. The van der Waals surface area contributed by atoms with Crippen LogP contribution in [0, 0.1) is 0 Å². The number of rotatable bonds is 2. The lowest BCUT2D eigenvalue weighted by molar-refractivity contribution is -0.0797. The van der Waals surface area contributed by atoms with E-state index in [2.05, 4.69) is 35.6 Å². The molecule has 1 aliphatic heterocycles. The molecule has 0 aliphatic carbocycles. The first-order chi connectivity index (χ1) is 9.52. The molecule has 20 heavy (non-hydrogen) atoms. The van der Waals surface area contributed by atoms with Gasteiger partial charge in [-0.1, -0.05) is 0 Å². The lowest BCUT2D eigenvalue weighted by Gasteiger charge is -2.38. The molecule has 1 aliphatic rings. The van der Waals surface area contributed by atoms with E-state index in [-0.39, 0.29) is 24.0 Å². The molecule has 3 rings (SSSR count). The van der Waals surface area contributed by atoms with Gasteiger partial charge in [-0.2, -0.15) is 0 Å². The zero-order chi connectivity index (χ0) is 14.3. The predicted octanol–water partition coefficient (Wildman–Crippen LogP) is 2.44. The lowest BCUT2D eigenvalue weighted by Crippen LogP contribution is -2.46. The molecular weight excluding hydrogens is 254 g/mol. The molecule has 0 saturated carbocycles. The van der Waals surface area contributed by atoms with Crippen LogP contribution in [0.5, 0.6) is 5.75 Å². The number of aromatic hydroxyl groups is 1. The first-order valence-corrected chi connectivity index (χ1v) is 7.11. The zero-order valence-electron chi connectivity index (χ0n) is 12.1. The van der Waals surface area contributed by atoms with Crippen LogP contribution < -0.4 is 0 Å². The summed E-state index contributed by atoms with van der Waals surface area (Å²) in [7, 11) is 0. The van der Waals surface area contributed by atoms with Crippen LogP contribution in [0.15, 0.2) is 18.2 Å². The first kappa shape index (κ1) is 13.4. The molecule has 5 nitrogen and oxygen atoms in total. The molecular formula is C15H21N3O2. The van der Waals surface area contributed by atoms with Crippen LogP contribution in [0.25, 0.3) is 11.0 Å². The van der Waals surface area contributed by atoms with Gasteiger partial charge in [-0.3, -0.25) is 4.90 Å². The number of aromatic amines is 1. The molecule has 1 aromatic heterocycles. The predicted molar refractivity (Wildman–Crippen MR) is 77.8 cm³/mol. The van der Waals surface area contributed by atoms with Crippen LogP contribution in [0.4, 0.5) is 0 Å². The van der Waals surface area contributed by atoms with E-state index in [1.807, 2.05) is 6.07 Å². The second kappa shape index (κ2) is 5.07. The van der Waals surface area contributed by atoms with Crippen molar-refractivity contribution in [2.45, 2.75) is 39.0 Å². The van der Waals surface area contributed by atoms with Gasteiger partial charge in [0.05, 0.1) is 29.3 Å². The summed E-state index contributed by atoms with van der Waals surface area (Å²) in [5, 5.41) is 9.52. The van der Waals surface area contributed by atoms with Gasteiger partial charge in [-0.05, 0) is 32.9 Å². The molecule has 3 atom stereocenters. The topological polar surface area (TPSA) is 61.4 Å². The molecule has 2 heterocycles. The Morgan fingerprint density at radius 2 is 2.05 bits per heavy atom. The fourth-order valence-electron chi connectivity index (χ4n) is 2.92. The number of nitrogens with zero attached hydrogens (tertiary/aromatic N) is 2. The van der Waals surface area contributed by atoms with Gasteiger partial charge in [0.2, 0.25) is 0 Å². The van der Waals surface area contributed by atoms with E-state index < -0.39 is 0 Å². The first-order valence-electron chi connectivity index (χ1n) is 7.11. The van der Waals surface area contributed by atoms with E-state index in [1.54, 1.807) is 12.1 Å². The van der Waals surface area contributed by atoms with Crippen molar-refractivity contribution in [3.8, 4) is 5.75 Å². The van der Waals surface area contributed by atoms with Crippen molar-refractivity contribution in [3.63, 3.8) is 0 Å². The van der Waals surface area contributed by atoms with E-state index in [1.165, 1.54) is 0 Å². The molecule has 2 aromatic rings. The van der Waals surface area contributed by atoms with Crippen molar-refractivity contribution < 1.29 is 9.84 Å². The Balaban J connectivity index is 1.86. The number of phenolic OH excluding ortho intramolecular Hbond substituents is 1. The van der Waals surface area contributed by atoms with E-state index in [9.17, 15) is 5.11 Å². The average molecular weight is 275 g/mol. The summed E-state index contributed by atoms with van der Waals surface area (Å²) < 4.78 is 5.77. The molecule has 108 valence electrons. The Hall–Kier alpha value is -1.59. The molecule has 0 bridgehead atoms. The van der Waals surface area contributed by atoms with Gasteiger partial charge in [0.25, 0.3) is 0 Å². The Bertz CT molecular complexity index is 600. The van der Waals surface area contributed by atoms with Crippen LogP contribution in [-0.4, -0.2) is 45.3 Å². The second-order valence-corrected chi connectivity index (χ2v) is 5.71. The number of H-pyrrole nitrogens is 1. The number of hydrogen-bond acceptors (Lipinski definition) is 4. The van der Waals surface area contributed by atoms with Crippen LogP contribution in [0.2, 0.25) is 0 Å². The molecule has 5 heteroatoms. The standard InChI is InChI=1S/C15H21N3O2/c1-9-7-18(8-10(2)20-9)11(3)15-16-13-5-4-12(19)6-14(13)17-15/h4-6,9-11,19H,7-8H2,1-3H3,(H,16,17). The highest BCUT2D eigenvalue weighted by Crippen LogP contribution is 2.25. The summed E-state index contributed by atoms with van der Waals surface area (Å²) in [6, 6.07) is 5.42. The van der Waals surface area contributed by atoms with Crippen molar-refractivity contribution in [1.29, 1.82) is 0 Å². The van der Waals surface area contributed by atoms with Crippen LogP contribution in [-0.2, 0) is 4.74 Å². The SMILES string of the molecule is CC1CN(C(C)c2nc3ccc(O)cc3[nH]2)CC(C)O1. The maximum Gasteiger partial charge on any atom is 0.124 e. The summed E-state index contributed by atoms with van der Waals surface area (Å²) in [5.74, 6) is 1.20. The smallest absolute Gasteiger partial charge is 0.124 e. The number of imidazole rings is 1. The summed E-state index contributed by atoms with van der Waals surface area (Å²) >= 11 is 0. The summed E-state index contributed by atoms with van der Waals surface area (Å²) in [6.45, 7) is 8.18. The summed E-state index contributed by atoms with van der Waals surface area (Å²) in [5.41, 5.74) is 1.76. The number of nitrogens with one attached hydrogen (secondary N) is 1. The number of fused-ring (bicyclic) bond motifs is 1. The fraction of sp³-hybridized carbons (Fsp3) is 0.533. The number of phenols is 1. The number of ether oxygens (including phenoxy) is 1. The quantitative estimate of drug-likeness (QED) is 0.883. The van der Waals surface area contributed by atoms with Gasteiger partial charge < -0.3 is 14.8 Å². The van der Waals surface area contributed by atoms with Crippen molar-refractivity contribution in [1.82, 2.24) is 14.9 Å². The minimum absolute atomic E-state index is 0.207. The molecule has 3 unspecified atom stereocenters. The molecule has 0 spiro atoms. The van der Waals surface area contributed by atoms with Crippen molar-refractivity contribution in [2.24, 2.45) is 0 Å². The van der Waals surface area contributed by atoms with E-state index in [4.69, 9.17) is 4.74 Å². The van der Waals surface area contributed by atoms with E-state index >= 15 is 0 Å². The largest absolute Gasteiger partial charge is 0.508 e. The third kappa shape index (κ3) is 2.51. The maximum atomic E-state index is 9.52. The van der Waals surface area contributed by atoms with Crippen LogP contribution >= 0.6 is 0 Å². The Labute approximate surface area is 118 Å². The Morgan fingerprint density at radius 1 is 1.35 bits per heavy atom. The molecule has 1 saturated heterocycles. The summed E-state index contributed by atoms with van der Waals surface area (Å²) in [4.78, 5) is 10.3. The van der Waals surface area contributed by atoms with Crippen LogP contribution in [0.1, 0.15) is 32.6 Å². The van der Waals surface area contributed by atoms with Crippen molar-refractivity contribution in [2.75, 3.05) is 13.1 Å². The molecule has 0 radical (unpaired) electrons. The Kier molecular flexibility index (Phi) is 3.40. The number of benzene rings is 1.